The summed E-state index contributed by atoms with van der Waals surface area (Å²) in [6.07, 6.45) is 6.10. The Kier molecular flexibility index (Phi) is 6.31. The molecule has 3 saturated heterocycles. The molecule has 3 aliphatic heterocycles. The van der Waals surface area contributed by atoms with Crippen LogP contribution in [0.2, 0.25) is 0 Å². The molecule has 0 aromatic rings. The van der Waals surface area contributed by atoms with Crippen molar-refractivity contribution >= 4 is 5.91 Å². The summed E-state index contributed by atoms with van der Waals surface area (Å²) in [6.45, 7) is 11.1. The normalized spacial score (nSPS) is 28.9. The molecule has 1 unspecified atom stereocenters. The van der Waals surface area contributed by atoms with Crippen LogP contribution in [0.3, 0.4) is 0 Å². The van der Waals surface area contributed by atoms with Gasteiger partial charge in [0.25, 0.3) is 0 Å². The second-order valence-electron chi connectivity index (χ2n) is 7.56. The molecule has 3 heterocycles. The van der Waals surface area contributed by atoms with Gasteiger partial charge in [-0.3, -0.25) is 14.6 Å². The average Bonchev–Trinajstić information content (AvgIpc) is 2.58. The first-order valence-corrected chi connectivity index (χ1v) is 9.54. The number of likely N-dealkylation sites (tertiary alicyclic amines) is 2. The van der Waals surface area contributed by atoms with E-state index in [1.165, 1.54) is 38.6 Å². The molecule has 132 valence electrons. The Bertz CT molecular complexity index is 376. The Hall–Kier alpha value is -0.650. The third kappa shape index (κ3) is 4.91. The zero-order valence-corrected chi connectivity index (χ0v) is 14.7. The van der Waals surface area contributed by atoms with E-state index >= 15 is 0 Å². The van der Waals surface area contributed by atoms with Gasteiger partial charge in [0.15, 0.2) is 0 Å². The topological polar surface area (TPSA) is 36.0 Å². The molecule has 0 aromatic carbocycles. The summed E-state index contributed by atoms with van der Waals surface area (Å²) in [4.78, 5) is 19.6. The Labute approximate surface area is 140 Å². The first kappa shape index (κ1) is 17.2. The minimum absolute atomic E-state index is 0.351. The molecule has 5 nitrogen and oxygen atoms in total. The van der Waals surface area contributed by atoms with Gasteiger partial charge in [-0.1, -0.05) is 0 Å². The molecule has 0 aliphatic carbocycles. The van der Waals surface area contributed by atoms with Crippen LogP contribution in [0.15, 0.2) is 0 Å². The number of rotatable bonds is 4. The molecule has 3 aliphatic rings. The molecule has 0 bridgehead atoms. The van der Waals surface area contributed by atoms with E-state index in [9.17, 15) is 4.79 Å². The largest absolute Gasteiger partial charge is 0.379 e. The maximum Gasteiger partial charge on any atom is 0.236 e. The molecule has 0 saturated carbocycles. The predicted molar refractivity (Wildman–Crippen MR) is 91.4 cm³/mol. The highest BCUT2D eigenvalue weighted by Gasteiger charge is 2.27. The lowest BCUT2D eigenvalue weighted by atomic mass is 9.96. The highest BCUT2D eigenvalue weighted by Crippen LogP contribution is 2.20. The van der Waals surface area contributed by atoms with E-state index in [4.69, 9.17) is 4.74 Å². The highest BCUT2D eigenvalue weighted by molar-refractivity contribution is 5.78. The Balaban J connectivity index is 1.37. The number of amides is 1. The second kappa shape index (κ2) is 8.45. The smallest absolute Gasteiger partial charge is 0.236 e. The van der Waals surface area contributed by atoms with Crippen LogP contribution in [-0.4, -0.2) is 85.7 Å². The summed E-state index contributed by atoms with van der Waals surface area (Å²) in [6, 6.07) is 0.440. The third-order valence-electron chi connectivity index (χ3n) is 5.81. The van der Waals surface area contributed by atoms with E-state index < -0.39 is 0 Å². The summed E-state index contributed by atoms with van der Waals surface area (Å²) in [7, 11) is 0. The monoisotopic (exact) mass is 323 g/mol. The van der Waals surface area contributed by atoms with Crippen LogP contribution in [0.5, 0.6) is 0 Å². The molecule has 0 spiro atoms. The zero-order chi connectivity index (χ0) is 16.1. The molecule has 5 heteroatoms. The minimum Gasteiger partial charge on any atom is -0.379 e. The van der Waals surface area contributed by atoms with Gasteiger partial charge in [-0.05, 0) is 58.0 Å². The van der Waals surface area contributed by atoms with Gasteiger partial charge in [0.05, 0.1) is 19.8 Å². The van der Waals surface area contributed by atoms with Crippen molar-refractivity contribution in [3.63, 3.8) is 0 Å². The number of ether oxygens (including phenoxy) is 1. The van der Waals surface area contributed by atoms with Crippen molar-refractivity contribution in [3.05, 3.63) is 0 Å². The maximum absolute atomic E-state index is 12.5. The SMILES string of the molecule is CC1CCCCN1C(=O)CN1CCC(CN2CCOCC2)CC1. The number of carbonyl (C=O) groups excluding carboxylic acids is 1. The van der Waals surface area contributed by atoms with Gasteiger partial charge < -0.3 is 9.64 Å². The predicted octanol–water partition coefficient (Wildman–Crippen LogP) is 1.43. The van der Waals surface area contributed by atoms with Crippen LogP contribution in [0.25, 0.3) is 0 Å². The van der Waals surface area contributed by atoms with Gasteiger partial charge in [0.1, 0.15) is 0 Å². The molecular weight excluding hydrogens is 290 g/mol. The number of hydrogen-bond acceptors (Lipinski definition) is 4. The summed E-state index contributed by atoms with van der Waals surface area (Å²) in [5.74, 6) is 1.15. The lowest BCUT2D eigenvalue weighted by Gasteiger charge is -2.38. The number of morpholine rings is 1. The molecule has 0 aromatic heterocycles. The van der Waals surface area contributed by atoms with Crippen molar-refractivity contribution in [1.29, 1.82) is 0 Å². The fourth-order valence-corrected chi connectivity index (χ4v) is 4.23. The van der Waals surface area contributed by atoms with E-state index in [1.54, 1.807) is 0 Å². The summed E-state index contributed by atoms with van der Waals surface area (Å²) >= 11 is 0. The summed E-state index contributed by atoms with van der Waals surface area (Å²) in [5, 5.41) is 0. The third-order valence-corrected chi connectivity index (χ3v) is 5.81. The highest BCUT2D eigenvalue weighted by atomic mass is 16.5. The molecule has 0 radical (unpaired) electrons. The van der Waals surface area contributed by atoms with Crippen LogP contribution in [-0.2, 0) is 9.53 Å². The number of carbonyl (C=O) groups is 1. The summed E-state index contributed by atoms with van der Waals surface area (Å²) < 4.78 is 5.42. The van der Waals surface area contributed by atoms with Crippen molar-refractivity contribution in [1.82, 2.24) is 14.7 Å². The first-order valence-electron chi connectivity index (χ1n) is 9.54. The van der Waals surface area contributed by atoms with E-state index in [1.807, 2.05) is 0 Å². The Morgan fingerprint density at radius 2 is 1.70 bits per heavy atom. The molecule has 0 N–H and O–H groups in total. The molecular formula is C18H33N3O2. The first-order chi connectivity index (χ1) is 11.2. The second-order valence-corrected chi connectivity index (χ2v) is 7.56. The van der Waals surface area contributed by atoms with E-state index in [2.05, 4.69) is 21.6 Å². The Morgan fingerprint density at radius 1 is 0.957 bits per heavy atom. The van der Waals surface area contributed by atoms with Crippen LogP contribution in [0.1, 0.15) is 39.0 Å². The van der Waals surface area contributed by atoms with Gasteiger partial charge >= 0.3 is 0 Å². The van der Waals surface area contributed by atoms with E-state index in [0.717, 1.165) is 51.9 Å². The maximum atomic E-state index is 12.5. The van der Waals surface area contributed by atoms with Crippen molar-refractivity contribution in [2.45, 2.75) is 45.1 Å². The average molecular weight is 323 g/mol. The van der Waals surface area contributed by atoms with Crippen molar-refractivity contribution in [3.8, 4) is 0 Å². The molecule has 1 amide bonds. The van der Waals surface area contributed by atoms with Crippen molar-refractivity contribution < 1.29 is 9.53 Å². The zero-order valence-electron chi connectivity index (χ0n) is 14.7. The van der Waals surface area contributed by atoms with E-state index in [0.29, 0.717) is 18.5 Å². The number of hydrogen-bond donors (Lipinski definition) is 0. The van der Waals surface area contributed by atoms with Gasteiger partial charge in [0.2, 0.25) is 5.91 Å². The molecule has 3 fully saturated rings. The van der Waals surface area contributed by atoms with Crippen LogP contribution < -0.4 is 0 Å². The Morgan fingerprint density at radius 3 is 2.39 bits per heavy atom. The van der Waals surface area contributed by atoms with Gasteiger partial charge in [-0.15, -0.1) is 0 Å². The van der Waals surface area contributed by atoms with E-state index in [-0.39, 0.29) is 0 Å². The fourth-order valence-electron chi connectivity index (χ4n) is 4.23. The standard InChI is InChI=1S/C18H33N3O2/c1-16-4-2-3-7-21(16)18(22)15-19-8-5-17(6-9-19)14-20-10-12-23-13-11-20/h16-17H,2-15H2,1H3. The number of nitrogens with zero attached hydrogens (tertiary/aromatic N) is 3. The fraction of sp³-hybridized carbons (Fsp3) is 0.944. The quantitative estimate of drug-likeness (QED) is 0.784. The molecule has 3 rings (SSSR count). The molecule has 23 heavy (non-hydrogen) atoms. The van der Waals surface area contributed by atoms with Crippen molar-refractivity contribution in [2.24, 2.45) is 5.92 Å². The van der Waals surface area contributed by atoms with Crippen LogP contribution in [0, 0.1) is 5.92 Å². The lowest BCUT2D eigenvalue weighted by Crippen LogP contribution is -2.49. The van der Waals surface area contributed by atoms with Crippen LogP contribution >= 0.6 is 0 Å². The van der Waals surface area contributed by atoms with Gasteiger partial charge in [-0.25, -0.2) is 0 Å². The lowest BCUT2D eigenvalue weighted by molar-refractivity contribution is -0.136. The minimum atomic E-state index is 0.351. The van der Waals surface area contributed by atoms with Gasteiger partial charge in [0, 0.05) is 32.2 Å². The van der Waals surface area contributed by atoms with Crippen molar-refractivity contribution in [2.75, 3.05) is 59.0 Å². The molecule has 1 atom stereocenters. The summed E-state index contributed by atoms with van der Waals surface area (Å²) in [5.41, 5.74) is 0. The van der Waals surface area contributed by atoms with Gasteiger partial charge in [-0.2, -0.15) is 0 Å². The number of piperidine rings is 2. The van der Waals surface area contributed by atoms with Crippen LogP contribution in [0.4, 0.5) is 0 Å².